The van der Waals surface area contributed by atoms with Crippen LogP contribution < -0.4 is 14.8 Å². The maximum Gasteiger partial charge on any atom is 0.329 e. The average Bonchev–Trinajstić information content (AvgIpc) is 3.39. The summed E-state index contributed by atoms with van der Waals surface area (Å²) in [4.78, 5) is 20.1. The number of anilines is 1. The number of aryl methyl sites for hydroxylation is 1. The van der Waals surface area contributed by atoms with Crippen molar-refractivity contribution in [1.82, 2.24) is 9.88 Å². The van der Waals surface area contributed by atoms with E-state index in [1.165, 1.54) is 35.2 Å². The van der Waals surface area contributed by atoms with Gasteiger partial charge in [0.05, 0.1) is 24.3 Å². The quantitative estimate of drug-likeness (QED) is 0.189. The summed E-state index contributed by atoms with van der Waals surface area (Å²) in [5.41, 5.74) is 4.65. The van der Waals surface area contributed by atoms with E-state index < -0.39 is 11.5 Å². The Morgan fingerprint density at radius 2 is 1.94 bits per heavy atom. The van der Waals surface area contributed by atoms with E-state index in [2.05, 4.69) is 57.1 Å². The summed E-state index contributed by atoms with van der Waals surface area (Å²) in [6.07, 6.45) is 9.77. The molecule has 3 aromatic rings. The normalized spacial score (nSPS) is 26.7. The van der Waals surface area contributed by atoms with Crippen LogP contribution in [0.5, 0.6) is 11.5 Å². The van der Waals surface area contributed by atoms with E-state index in [4.69, 9.17) is 25.8 Å². The molecule has 0 radical (unpaired) electrons. The molecule has 3 atom stereocenters. The molecule has 2 N–H and O–H groups in total. The highest BCUT2D eigenvalue weighted by Crippen LogP contribution is 2.57. The summed E-state index contributed by atoms with van der Waals surface area (Å²) in [5, 5.41) is 14.7. The van der Waals surface area contributed by atoms with Gasteiger partial charge in [-0.05, 0) is 144 Å². The summed E-state index contributed by atoms with van der Waals surface area (Å²) < 4.78 is 19.5. The fraction of sp³-hybridized carbons (Fsp3) is 0.561. The fourth-order valence-electron chi connectivity index (χ4n) is 9.33. The molecule has 1 saturated heterocycles. The van der Waals surface area contributed by atoms with Crippen molar-refractivity contribution in [3.63, 3.8) is 0 Å². The smallest absolute Gasteiger partial charge is 0.329 e. The zero-order valence-electron chi connectivity index (χ0n) is 29.9. The number of benzene rings is 2. The summed E-state index contributed by atoms with van der Waals surface area (Å²) in [5.74, 6) is 2.16. The first-order valence-corrected chi connectivity index (χ1v) is 20.0. The first-order chi connectivity index (χ1) is 24.7. The molecule has 2 fully saturated rings. The van der Waals surface area contributed by atoms with Crippen LogP contribution in [0.1, 0.15) is 87.1 Å². The molecule has 51 heavy (non-hydrogen) atoms. The van der Waals surface area contributed by atoms with Gasteiger partial charge in [-0.25, -0.2) is 4.79 Å². The highest BCUT2D eigenvalue weighted by Gasteiger charge is 2.54. The van der Waals surface area contributed by atoms with Crippen molar-refractivity contribution in [1.29, 1.82) is 0 Å². The number of aromatic nitrogens is 1. The van der Waals surface area contributed by atoms with Crippen LogP contribution in [0.3, 0.4) is 0 Å². The van der Waals surface area contributed by atoms with Crippen molar-refractivity contribution >= 4 is 39.2 Å². The summed E-state index contributed by atoms with van der Waals surface area (Å²) in [6.45, 7) is 10.1. The van der Waals surface area contributed by atoms with Crippen molar-refractivity contribution in [3.05, 3.63) is 80.5 Å². The minimum absolute atomic E-state index is 0.161. The van der Waals surface area contributed by atoms with Gasteiger partial charge in [0.2, 0.25) is 0 Å². The van der Waals surface area contributed by atoms with E-state index in [-0.39, 0.29) is 5.41 Å². The summed E-state index contributed by atoms with van der Waals surface area (Å²) in [6, 6.07) is 13.9. The van der Waals surface area contributed by atoms with E-state index in [0.717, 1.165) is 86.6 Å². The number of carbonyl (C=O) groups is 1. The first kappa shape index (κ1) is 36.5. The summed E-state index contributed by atoms with van der Waals surface area (Å²) >= 11 is 10.1. The number of rotatable bonds is 12. The Hall–Kier alpha value is -2.85. The monoisotopic (exact) mass is 779 g/mol. The minimum atomic E-state index is -1.07. The van der Waals surface area contributed by atoms with Gasteiger partial charge in [-0.1, -0.05) is 31.5 Å². The van der Waals surface area contributed by atoms with Gasteiger partial charge in [0.15, 0.2) is 0 Å². The van der Waals surface area contributed by atoms with Crippen LogP contribution in [0.2, 0.25) is 5.02 Å². The number of carboxylic acid groups (broad SMARTS) is 1. The lowest BCUT2D eigenvalue weighted by atomic mass is 9.59. The maximum absolute atomic E-state index is 13.0. The Bertz CT molecular complexity index is 1710. The molecule has 7 rings (SSSR count). The zero-order chi connectivity index (χ0) is 35.6. The van der Waals surface area contributed by atoms with Crippen molar-refractivity contribution in [3.8, 4) is 11.5 Å². The second kappa shape index (κ2) is 15.6. The number of carboxylic acids is 1. The molecule has 8 nitrogen and oxygen atoms in total. The van der Waals surface area contributed by atoms with Crippen molar-refractivity contribution < 1.29 is 24.1 Å². The van der Waals surface area contributed by atoms with E-state index in [1.54, 1.807) is 0 Å². The van der Waals surface area contributed by atoms with Crippen LogP contribution in [0.25, 0.3) is 0 Å². The number of nitrogens with zero attached hydrogens (tertiary/aromatic N) is 2. The van der Waals surface area contributed by atoms with E-state index >= 15 is 0 Å². The molecule has 2 heterocycles. The van der Waals surface area contributed by atoms with Crippen LogP contribution in [0.15, 0.2) is 53.1 Å². The molecule has 4 aliphatic rings. The predicted octanol–water partition coefficient (Wildman–Crippen LogP) is 8.67. The van der Waals surface area contributed by atoms with Crippen molar-refractivity contribution in [2.75, 3.05) is 51.4 Å². The predicted molar refractivity (Wildman–Crippen MR) is 205 cm³/mol. The molecule has 1 aliphatic heterocycles. The molecule has 10 heteroatoms. The third kappa shape index (κ3) is 7.78. The van der Waals surface area contributed by atoms with Gasteiger partial charge in [0.25, 0.3) is 0 Å². The first-order valence-electron chi connectivity index (χ1n) is 18.8. The number of hydrogen-bond donors (Lipinski definition) is 2. The molecule has 0 amide bonds. The molecule has 274 valence electrons. The maximum atomic E-state index is 13.0. The molecule has 1 saturated carbocycles. The fourth-order valence-corrected chi connectivity index (χ4v) is 10.0. The number of halogens is 2. The van der Waals surface area contributed by atoms with E-state index in [1.807, 2.05) is 36.5 Å². The molecule has 1 spiro atoms. The zero-order valence-corrected chi connectivity index (χ0v) is 32.2. The molecule has 2 aromatic carbocycles. The lowest BCUT2D eigenvalue weighted by Crippen LogP contribution is -2.53. The van der Waals surface area contributed by atoms with E-state index in [9.17, 15) is 9.90 Å². The third-order valence-corrected chi connectivity index (χ3v) is 13.0. The molecule has 1 aromatic heterocycles. The number of morpholine rings is 1. The number of nitrogens with one attached hydrogen (secondary N) is 1. The Labute approximate surface area is 315 Å². The average molecular weight is 781 g/mol. The standard InChI is InChI=1S/C41H51BrClN3O5/c1-27(26-51-36-9-14-44-35-8-3-5-28(2)38(35)36)21-30-22-29-23-34(42)37(50-20-17-46-15-18-49-19-16-46)25-33(29)40(30)10-12-41(13-11-40,39(47)48)45-32-7-4-6-31(43)24-32/h4,6-7,9,14,23-25,27-28,30,45H,3,5,8,10-13,15-22,26H2,1-2H3,(H,47,48)/t27-,28-,30?,40?,41?/m1/s1. The second-order valence-corrected chi connectivity index (χ2v) is 16.7. The van der Waals surface area contributed by atoms with Crippen LogP contribution in [-0.4, -0.2) is 72.6 Å². The highest BCUT2D eigenvalue weighted by atomic mass is 79.9. The lowest BCUT2D eigenvalue weighted by Gasteiger charge is -2.47. The molecular formula is C41H51BrClN3O5. The minimum Gasteiger partial charge on any atom is -0.493 e. The van der Waals surface area contributed by atoms with Gasteiger partial charge in [0.1, 0.15) is 23.6 Å². The molecule has 0 bridgehead atoms. The van der Waals surface area contributed by atoms with Gasteiger partial charge < -0.3 is 24.6 Å². The second-order valence-electron chi connectivity index (χ2n) is 15.4. The van der Waals surface area contributed by atoms with Crippen molar-refractivity contribution in [2.24, 2.45) is 11.8 Å². The third-order valence-electron chi connectivity index (χ3n) is 12.1. The van der Waals surface area contributed by atoms with E-state index in [0.29, 0.717) is 48.8 Å². The molecule has 3 aliphatic carbocycles. The highest BCUT2D eigenvalue weighted by molar-refractivity contribution is 9.10. The van der Waals surface area contributed by atoms with Crippen molar-refractivity contribution in [2.45, 2.75) is 88.5 Å². The Morgan fingerprint density at radius 3 is 2.71 bits per heavy atom. The Kier molecular flexibility index (Phi) is 11.2. The van der Waals surface area contributed by atoms with Crippen LogP contribution in [0.4, 0.5) is 5.69 Å². The van der Waals surface area contributed by atoms with Gasteiger partial charge in [-0.2, -0.15) is 0 Å². The number of pyridine rings is 1. The lowest BCUT2D eigenvalue weighted by molar-refractivity contribution is -0.144. The Balaban J connectivity index is 1.12. The van der Waals surface area contributed by atoms with Crippen LogP contribution >= 0.6 is 27.5 Å². The van der Waals surface area contributed by atoms with Gasteiger partial charge >= 0.3 is 5.97 Å². The number of ether oxygens (including phenoxy) is 3. The molecule has 1 unspecified atom stereocenters. The number of hydrogen-bond acceptors (Lipinski definition) is 7. The van der Waals surface area contributed by atoms with Crippen LogP contribution in [-0.2, 0) is 27.8 Å². The van der Waals surface area contributed by atoms with Gasteiger partial charge in [0, 0.05) is 47.8 Å². The number of fused-ring (bicyclic) bond motifs is 3. The SMILES string of the molecule is C[C@@H](COc1ccnc2c1[C@H](C)CCC2)CC1Cc2cc(Br)c(OCCN3CCOCC3)cc2C12CCC(Nc1cccc(Cl)c1)(C(=O)O)CC2. The van der Waals surface area contributed by atoms with Gasteiger partial charge in [-0.3, -0.25) is 9.88 Å². The Morgan fingerprint density at radius 1 is 1.14 bits per heavy atom. The summed E-state index contributed by atoms with van der Waals surface area (Å²) in [7, 11) is 0. The van der Waals surface area contributed by atoms with Crippen LogP contribution in [0, 0.1) is 11.8 Å². The number of aliphatic carboxylic acids is 1. The van der Waals surface area contributed by atoms with Gasteiger partial charge in [-0.15, -0.1) is 0 Å². The molecular weight excluding hydrogens is 730 g/mol. The largest absolute Gasteiger partial charge is 0.493 e. The topological polar surface area (TPSA) is 93.2 Å².